The number of carbonyl (C=O) groups is 2. The number of fused-ring (bicyclic) bond motifs is 1. The molecule has 1 atom stereocenters. The van der Waals surface area contributed by atoms with Crippen molar-refractivity contribution in [3.63, 3.8) is 0 Å². The molecule has 0 saturated carbocycles. The van der Waals surface area contributed by atoms with E-state index in [2.05, 4.69) is 28.9 Å². The fourth-order valence-corrected chi connectivity index (χ4v) is 3.88. The molecule has 3 aromatic rings. The summed E-state index contributed by atoms with van der Waals surface area (Å²) in [4.78, 5) is 26.8. The van der Waals surface area contributed by atoms with Crippen molar-refractivity contribution >= 4 is 22.7 Å². The Labute approximate surface area is 165 Å². The minimum absolute atomic E-state index is 0.108. The highest BCUT2D eigenvalue weighted by atomic mass is 16.2. The van der Waals surface area contributed by atoms with Gasteiger partial charge in [0.05, 0.1) is 6.04 Å². The quantitative estimate of drug-likeness (QED) is 0.719. The van der Waals surface area contributed by atoms with Crippen LogP contribution in [-0.2, 0) is 17.8 Å². The summed E-state index contributed by atoms with van der Waals surface area (Å²) in [5, 5.41) is 4.09. The van der Waals surface area contributed by atoms with Crippen LogP contribution in [0.4, 0.5) is 0 Å². The second-order valence-electron chi connectivity index (χ2n) is 7.33. The molecule has 0 radical (unpaired) electrons. The smallest absolute Gasteiger partial charge is 0.251 e. The van der Waals surface area contributed by atoms with E-state index in [0.29, 0.717) is 25.1 Å². The first-order valence-electron chi connectivity index (χ1n) is 9.85. The Morgan fingerprint density at radius 2 is 1.96 bits per heavy atom. The van der Waals surface area contributed by atoms with Gasteiger partial charge in [-0.1, -0.05) is 30.3 Å². The van der Waals surface area contributed by atoms with Crippen LogP contribution < -0.4 is 5.32 Å². The van der Waals surface area contributed by atoms with Crippen molar-refractivity contribution in [2.45, 2.75) is 32.4 Å². The third-order valence-corrected chi connectivity index (χ3v) is 5.44. The van der Waals surface area contributed by atoms with Gasteiger partial charge in [-0.15, -0.1) is 0 Å². The molecule has 2 heterocycles. The SMILES string of the molecule is CCn1ccc2cc(C(=O)NC3CC(=O)N(CCc4ccccc4)C3)ccc21. The van der Waals surface area contributed by atoms with Crippen LogP contribution in [0.5, 0.6) is 0 Å². The summed E-state index contributed by atoms with van der Waals surface area (Å²) in [6, 6.07) is 17.8. The number of hydrogen-bond acceptors (Lipinski definition) is 2. The van der Waals surface area contributed by atoms with Crippen LogP contribution in [-0.4, -0.2) is 40.4 Å². The normalized spacial score (nSPS) is 16.7. The van der Waals surface area contributed by atoms with Gasteiger partial charge in [-0.25, -0.2) is 0 Å². The maximum atomic E-state index is 12.7. The van der Waals surface area contributed by atoms with Gasteiger partial charge >= 0.3 is 0 Å². The highest BCUT2D eigenvalue weighted by molar-refractivity contribution is 5.98. The van der Waals surface area contributed by atoms with E-state index in [0.717, 1.165) is 23.9 Å². The van der Waals surface area contributed by atoms with Gasteiger partial charge in [-0.2, -0.15) is 0 Å². The van der Waals surface area contributed by atoms with Gasteiger partial charge in [0.1, 0.15) is 0 Å². The van der Waals surface area contributed by atoms with E-state index in [-0.39, 0.29) is 17.9 Å². The molecule has 28 heavy (non-hydrogen) atoms. The van der Waals surface area contributed by atoms with Gasteiger partial charge in [-0.05, 0) is 43.2 Å². The van der Waals surface area contributed by atoms with Crippen molar-refractivity contribution in [3.8, 4) is 0 Å². The summed E-state index contributed by atoms with van der Waals surface area (Å²) in [5.74, 6) is -0.00874. The summed E-state index contributed by atoms with van der Waals surface area (Å²) in [5.41, 5.74) is 2.98. The van der Waals surface area contributed by atoms with E-state index in [1.807, 2.05) is 53.6 Å². The van der Waals surface area contributed by atoms with Gasteiger partial charge in [-0.3, -0.25) is 9.59 Å². The molecule has 0 bridgehead atoms. The molecule has 5 nitrogen and oxygen atoms in total. The standard InChI is InChI=1S/C23H25N3O2/c1-2-25-13-11-18-14-19(8-9-21(18)25)23(28)24-20-15-22(27)26(16-20)12-10-17-6-4-3-5-7-17/h3-9,11,13-14,20H,2,10,12,15-16H2,1H3,(H,24,28). The van der Waals surface area contributed by atoms with Gasteiger partial charge in [0.25, 0.3) is 5.91 Å². The van der Waals surface area contributed by atoms with Gasteiger partial charge < -0.3 is 14.8 Å². The number of nitrogens with one attached hydrogen (secondary N) is 1. The zero-order valence-electron chi connectivity index (χ0n) is 16.1. The molecule has 1 fully saturated rings. The van der Waals surface area contributed by atoms with E-state index in [9.17, 15) is 9.59 Å². The molecule has 1 aliphatic heterocycles. The molecule has 1 aliphatic rings. The predicted octanol–water partition coefficient (Wildman–Crippen LogP) is 3.23. The summed E-state index contributed by atoms with van der Waals surface area (Å²) < 4.78 is 2.15. The lowest BCUT2D eigenvalue weighted by atomic mass is 10.1. The fourth-order valence-electron chi connectivity index (χ4n) is 3.88. The fraction of sp³-hybridized carbons (Fsp3) is 0.304. The van der Waals surface area contributed by atoms with Crippen LogP contribution in [0.25, 0.3) is 10.9 Å². The maximum absolute atomic E-state index is 12.7. The molecule has 0 spiro atoms. The molecular weight excluding hydrogens is 350 g/mol. The molecule has 1 saturated heterocycles. The number of benzene rings is 2. The number of amides is 2. The van der Waals surface area contributed by atoms with Crippen molar-refractivity contribution in [1.29, 1.82) is 0 Å². The van der Waals surface area contributed by atoms with Crippen LogP contribution in [0.1, 0.15) is 29.3 Å². The molecule has 5 heteroatoms. The molecule has 0 aliphatic carbocycles. The second kappa shape index (κ2) is 7.89. The van der Waals surface area contributed by atoms with Crippen LogP contribution in [0.15, 0.2) is 60.8 Å². The maximum Gasteiger partial charge on any atom is 0.251 e. The first-order valence-corrected chi connectivity index (χ1v) is 9.85. The Kier molecular flexibility index (Phi) is 5.15. The van der Waals surface area contributed by atoms with Gasteiger partial charge in [0.15, 0.2) is 0 Å². The average Bonchev–Trinajstić information content (AvgIpc) is 3.29. The lowest BCUT2D eigenvalue weighted by Gasteiger charge is -2.17. The number of likely N-dealkylation sites (tertiary alicyclic amines) is 1. The number of hydrogen-bond donors (Lipinski definition) is 1. The highest BCUT2D eigenvalue weighted by Gasteiger charge is 2.30. The molecule has 4 rings (SSSR count). The summed E-state index contributed by atoms with van der Waals surface area (Å²) >= 11 is 0. The Balaban J connectivity index is 1.36. The third kappa shape index (κ3) is 3.79. The molecule has 1 aromatic heterocycles. The largest absolute Gasteiger partial charge is 0.348 e. The number of aromatic nitrogens is 1. The van der Waals surface area contributed by atoms with Crippen LogP contribution in [0, 0.1) is 0 Å². The number of carbonyl (C=O) groups excluding carboxylic acids is 2. The van der Waals surface area contributed by atoms with Gasteiger partial charge in [0, 0.05) is 48.7 Å². The molecule has 2 aromatic carbocycles. The topological polar surface area (TPSA) is 54.3 Å². The lowest BCUT2D eigenvalue weighted by molar-refractivity contribution is -0.127. The van der Waals surface area contributed by atoms with Crippen LogP contribution in [0.3, 0.4) is 0 Å². The van der Waals surface area contributed by atoms with Gasteiger partial charge in [0.2, 0.25) is 5.91 Å². The first-order chi connectivity index (χ1) is 13.6. The highest BCUT2D eigenvalue weighted by Crippen LogP contribution is 2.19. The Hall–Kier alpha value is -3.08. The zero-order chi connectivity index (χ0) is 19.5. The second-order valence-corrected chi connectivity index (χ2v) is 7.33. The molecular formula is C23H25N3O2. The van der Waals surface area contributed by atoms with Crippen LogP contribution in [0.2, 0.25) is 0 Å². The van der Waals surface area contributed by atoms with Crippen molar-refractivity contribution in [3.05, 3.63) is 71.9 Å². The summed E-state index contributed by atoms with van der Waals surface area (Å²) in [6.45, 7) is 4.26. The third-order valence-electron chi connectivity index (χ3n) is 5.44. The van der Waals surface area contributed by atoms with E-state index in [4.69, 9.17) is 0 Å². The Bertz CT molecular complexity index is 994. The predicted molar refractivity (Wildman–Crippen MR) is 110 cm³/mol. The van der Waals surface area contributed by atoms with Crippen molar-refractivity contribution < 1.29 is 9.59 Å². The number of rotatable bonds is 6. The van der Waals surface area contributed by atoms with Crippen molar-refractivity contribution in [1.82, 2.24) is 14.8 Å². The monoisotopic (exact) mass is 375 g/mol. The van der Waals surface area contributed by atoms with Crippen molar-refractivity contribution in [2.75, 3.05) is 13.1 Å². The average molecular weight is 375 g/mol. The number of aryl methyl sites for hydroxylation is 1. The zero-order valence-corrected chi connectivity index (χ0v) is 16.1. The number of nitrogens with zero attached hydrogens (tertiary/aromatic N) is 2. The molecule has 2 amide bonds. The first kappa shape index (κ1) is 18.3. The minimum atomic E-state index is -0.133. The Morgan fingerprint density at radius 3 is 2.75 bits per heavy atom. The minimum Gasteiger partial charge on any atom is -0.348 e. The van der Waals surface area contributed by atoms with E-state index < -0.39 is 0 Å². The summed E-state index contributed by atoms with van der Waals surface area (Å²) in [7, 11) is 0. The van der Waals surface area contributed by atoms with E-state index in [1.54, 1.807) is 0 Å². The van der Waals surface area contributed by atoms with Crippen LogP contribution >= 0.6 is 0 Å². The molecule has 1 unspecified atom stereocenters. The lowest BCUT2D eigenvalue weighted by Crippen LogP contribution is -2.37. The Morgan fingerprint density at radius 1 is 1.14 bits per heavy atom. The van der Waals surface area contributed by atoms with E-state index in [1.165, 1.54) is 5.56 Å². The van der Waals surface area contributed by atoms with E-state index >= 15 is 0 Å². The molecule has 144 valence electrons. The van der Waals surface area contributed by atoms with Crippen molar-refractivity contribution in [2.24, 2.45) is 0 Å². The summed E-state index contributed by atoms with van der Waals surface area (Å²) in [6.07, 6.45) is 3.24. The molecule has 1 N–H and O–H groups in total.